The van der Waals surface area contributed by atoms with Crippen LogP contribution in [-0.2, 0) is 7.05 Å². The number of nitrogens with zero attached hydrogens (tertiary/aromatic N) is 2. The maximum absolute atomic E-state index is 14.7. The number of aromatic nitrogens is 2. The monoisotopic (exact) mass is 392 g/mol. The summed E-state index contributed by atoms with van der Waals surface area (Å²) in [7, 11) is 1.68. The van der Waals surface area contributed by atoms with E-state index >= 15 is 0 Å². The first kappa shape index (κ1) is 20.1. The van der Waals surface area contributed by atoms with E-state index in [2.05, 4.69) is 11.6 Å². The van der Waals surface area contributed by atoms with Crippen LogP contribution in [0.2, 0.25) is 0 Å². The fraction of sp³-hybridized carbons (Fsp3) is 0.130. The molecule has 0 aliphatic carbocycles. The molecule has 0 radical (unpaired) electrons. The van der Waals surface area contributed by atoms with Crippen LogP contribution in [0.25, 0.3) is 17.2 Å². The van der Waals surface area contributed by atoms with Crippen molar-refractivity contribution in [1.29, 1.82) is 0 Å². The number of halogens is 1. The lowest BCUT2D eigenvalue weighted by molar-refractivity contribution is 0.435. The molecule has 0 atom stereocenters. The molecule has 2 aromatic heterocycles. The number of benzene rings is 1. The number of hydrogen-bond donors (Lipinski definition) is 1. The fourth-order valence-electron chi connectivity index (χ4n) is 2.80. The van der Waals surface area contributed by atoms with Gasteiger partial charge in [-0.05, 0) is 61.9 Å². The third-order valence-corrected chi connectivity index (χ3v) is 4.65. The Bertz CT molecular complexity index is 1180. The summed E-state index contributed by atoms with van der Waals surface area (Å²) in [6.07, 6.45) is 4.54. The van der Waals surface area contributed by atoms with Gasteiger partial charge in [0.15, 0.2) is 11.6 Å². The summed E-state index contributed by atoms with van der Waals surface area (Å²) in [6.45, 7) is 7.00. The quantitative estimate of drug-likeness (QED) is 0.486. The van der Waals surface area contributed by atoms with Crippen molar-refractivity contribution >= 4 is 6.08 Å². The highest BCUT2D eigenvalue weighted by Crippen LogP contribution is 2.30. The summed E-state index contributed by atoms with van der Waals surface area (Å²) in [4.78, 5) is 16.6. The van der Waals surface area contributed by atoms with Crippen molar-refractivity contribution in [2.24, 2.45) is 7.05 Å². The minimum Gasteiger partial charge on any atom is -0.509 e. The van der Waals surface area contributed by atoms with Gasteiger partial charge in [-0.15, -0.1) is 0 Å². The molecule has 29 heavy (non-hydrogen) atoms. The van der Waals surface area contributed by atoms with Crippen LogP contribution in [0.15, 0.2) is 65.8 Å². The van der Waals surface area contributed by atoms with E-state index in [-0.39, 0.29) is 17.1 Å². The van der Waals surface area contributed by atoms with Crippen LogP contribution in [-0.4, -0.2) is 14.7 Å². The molecule has 148 valence electrons. The maximum Gasteiger partial charge on any atom is 0.258 e. The molecule has 1 N–H and O–H groups in total. The molecule has 0 saturated carbocycles. The number of hydrogen-bond acceptors (Lipinski definition) is 4. The molecule has 0 saturated heterocycles. The van der Waals surface area contributed by atoms with Crippen LogP contribution in [0.5, 0.6) is 11.5 Å². The van der Waals surface area contributed by atoms with Crippen LogP contribution >= 0.6 is 0 Å². The number of aliphatic hydroxyl groups excluding tert-OH is 1. The zero-order valence-corrected chi connectivity index (χ0v) is 16.4. The zero-order chi connectivity index (χ0) is 21.1. The Morgan fingerprint density at radius 2 is 1.97 bits per heavy atom. The number of aliphatic hydroxyl groups is 1. The highest BCUT2D eigenvalue weighted by atomic mass is 19.1. The Balaban J connectivity index is 1.93. The van der Waals surface area contributed by atoms with Crippen molar-refractivity contribution in [1.82, 2.24) is 9.55 Å². The summed E-state index contributed by atoms with van der Waals surface area (Å²) in [5, 5.41) is 9.20. The largest absolute Gasteiger partial charge is 0.509 e. The lowest BCUT2D eigenvalue weighted by Crippen LogP contribution is -2.20. The number of rotatable bonds is 5. The highest BCUT2D eigenvalue weighted by molar-refractivity contribution is 5.64. The summed E-state index contributed by atoms with van der Waals surface area (Å²) >= 11 is 0. The van der Waals surface area contributed by atoms with Gasteiger partial charge >= 0.3 is 0 Å². The van der Waals surface area contributed by atoms with Gasteiger partial charge in [-0.3, -0.25) is 9.78 Å². The van der Waals surface area contributed by atoms with E-state index in [0.717, 1.165) is 5.69 Å². The second-order valence-corrected chi connectivity index (χ2v) is 6.64. The molecule has 0 bridgehead atoms. The van der Waals surface area contributed by atoms with E-state index in [4.69, 9.17) is 4.74 Å². The average molecular weight is 392 g/mol. The number of aryl methyl sites for hydroxylation is 1. The van der Waals surface area contributed by atoms with Crippen molar-refractivity contribution in [2.45, 2.75) is 13.8 Å². The summed E-state index contributed by atoms with van der Waals surface area (Å²) in [6, 6.07) is 9.56. The maximum atomic E-state index is 14.7. The van der Waals surface area contributed by atoms with E-state index in [9.17, 15) is 14.3 Å². The molecule has 6 heteroatoms. The second kappa shape index (κ2) is 8.14. The lowest BCUT2D eigenvalue weighted by Gasteiger charge is -2.12. The Morgan fingerprint density at radius 1 is 1.21 bits per heavy atom. The van der Waals surface area contributed by atoms with Crippen LogP contribution in [0.4, 0.5) is 4.39 Å². The molecular formula is C23H21FN2O3. The predicted molar refractivity (Wildman–Crippen MR) is 112 cm³/mol. The fourth-order valence-corrected chi connectivity index (χ4v) is 2.80. The molecular weight excluding hydrogens is 371 g/mol. The summed E-state index contributed by atoms with van der Waals surface area (Å²) < 4.78 is 22.0. The van der Waals surface area contributed by atoms with E-state index in [1.807, 2.05) is 13.0 Å². The normalized spacial score (nSPS) is 11.0. The summed E-state index contributed by atoms with van der Waals surface area (Å²) in [5.41, 5.74) is 2.78. The first-order chi connectivity index (χ1) is 13.8. The van der Waals surface area contributed by atoms with Crippen molar-refractivity contribution < 1.29 is 14.2 Å². The first-order valence-corrected chi connectivity index (χ1v) is 8.94. The topological polar surface area (TPSA) is 64.4 Å². The standard InChI is InChI=1S/C23H21FN2O3/c1-14-5-8-18(23(28)26(14)4)17-7-10-22(19(24)13-17)29-21-11-12-25-20(16(21)3)9-6-15(2)27/h5-13,27H,2H2,1,3-4H3/b9-6-. The predicted octanol–water partition coefficient (Wildman–Crippen LogP) is 5.08. The minimum absolute atomic E-state index is 0.0356. The van der Waals surface area contributed by atoms with Crippen LogP contribution in [0, 0.1) is 19.7 Å². The van der Waals surface area contributed by atoms with Gasteiger partial charge in [0, 0.05) is 30.1 Å². The smallest absolute Gasteiger partial charge is 0.258 e. The van der Waals surface area contributed by atoms with E-state index in [1.54, 1.807) is 38.2 Å². The molecule has 0 amide bonds. The third kappa shape index (κ3) is 4.27. The summed E-state index contributed by atoms with van der Waals surface area (Å²) in [5.74, 6) is -0.210. The van der Waals surface area contributed by atoms with Gasteiger partial charge in [0.1, 0.15) is 11.5 Å². The number of ether oxygens (including phenoxy) is 1. The van der Waals surface area contributed by atoms with E-state index in [1.165, 1.54) is 29.0 Å². The van der Waals surface area contributed by atoms with Crippen molar-refractivity contribution in [3.63, 3.8) is 0 Å². The van der Waals surface area contributed by atoms with Gasteiger partial charge in [-0.1, -0.05) is 12.6 Å². The van der Waals surface area contributed by atoms with E-state index in [0.29, 0.717) is 28.1 Å². The van der Waals surface area contributed by atoms with Crippen LogP contribution in [0.3, 0.4) is 0 Å². The lowest BCUT2D eigenvalue weighted by atomic mass is 10.1. The molecule has 5 nitrogen and oxygen atoms in total. The van der Waals surface area contributed by atoms with Gasteiger partial charge in [0.25, 0.3) is 5.56 Å². The second-order valence-electron chi connectivity index (χ2n) is 6.64. The third-order valence-electron chi connectivity index (χ3n) is 4.65. The van der Waals surface area contributed by atoms with Gasteiger partial charge < -0.3 is 14.4 Å². The average Bonchev–Trinajstić information content (AvgIpc) is 2.68. The zero-order valence-electron chi connectivity index (χ0n) is 16.4. The minimum atomic E-state index is -0.581. The van der Waals surface area contributed by atoms with Crippen LogP contribution < -0.4 is 10.3 Å². The van der Waals surface area contributed by atoms with Gasteiger partial charge in [-0.2, -0.15) is 0 Å². The highest BCUT2D eigenvalue weighted by Gasteiger charge is 2.13. The van der Waals surface area contributed by atoms with Crippen molar-refractivity contribution in [2.75, 3.05) is 0 Å². The van der Waals surface area contributed by atoms with Gasteiger partial charge in [-0.25, -0.2) is 4.39 Å². The molecule has 0 spiro atoms. The van der Waals surface area contributed by atoms with Gasteiger partial charge in [0.2, 0.25) is 0 Å². The number of allylic oxidation sites excluding steroid dienone is 1. The SMILES string of the molecule is C=C(O)/C=C\c1nccc(Oc2ccc(-c3ccc(C)n(C)c3=O)cc2F)c1C. The molecule has 0 fully saturated rings. The Morgan fingerprint density at radius 3 is 2.66 bits per heavy atom. The molecule has 1 aromatic carbocycles. The van der Waals surface area contributed by atoms with Crippen LogP contribution in [0.1, 0.15) is 17.0 Å². The number of pyridine rings is 2. The Hall–Kier alpha value is -3.67. The molecule has 2 heterocycles. The first-order valence-electron chi connectivity index (χ1n) is 8.94. The molecule has 3 aromatic rings. The molecule has 0 unspecified atom stereocenters. The van der Waals surface area contributed by atoms with Gasteiger partial charge in [0.05, 0.1) is 5.69 Å². The van der Waals surface area contributed by atoms with E-state index < -0.39 is 5.82 Å². The van der Waals surface area contributed by atoms with Crippen molar-refractivity contribution in [3.8, 4) is 22.6 Å². The molecule has 0 aliphatic heterocycles. The molecule has 3 rings (SSSR count). The Kier molecular flexibility index (Phi) is 5.64. The Labute approximate surface area is 168 Å². The van der Waals surface area contributed by atoms with Crippen molar-refractivity contribution in [3.05, 3.63) is 94.1 Å². The molecule has 0 aliphatic rings.